The van der Waals surface area contributed by atoms with Gasteiger partial charge in [0.2, 0.25) is 5.75 Å². The molecule has 1 amide bonds. The van der Waals surface area contributed by atoms with Crippen molar-refractivity contribution in [1.29, 1.82) is 0 Å². The molecule has 34 heavy (non-hydrogen) atoms. The van der Waals surface area contributed by atoms with Crippen LogP contribution in [0.2, 0.25) is 5.02 Å². The van der Waals surface area contributed by atoms with Gasteiger partial charge in [-0.05, 0) is 49.4 Å². The number of amides is 1. The van der Waals surface area contributed by atoms with E-state index in [1.54, 1.807) is 24.3 Å². The highest BCUT2D eigenvalue weighted by Crippen LogP contribution is 2.38. The van der Waals surface area contributed by atoms with E-state index in [0.29, 0.717) is 33.4 Å². The SMILES string of the molecule is COc1cc(C(=O)Oc2ccc(Cl)cc2/C=N/NC(=O)c2ccc(C)cc2)cc(OC)c1OC. The maximum absolute atomic E-state index is 12.9. The molecule has 0 aromatic heterocycles. The third kappa shape index (κ3) is 5.85. The molecule has 3 aromatic carbocycles. The largest absolute Gasteiger partial charge is 0.493 e. The number of benzene rings is 3. The van der Waals surface area contributed by atoms with E-state index in [-0.39, 0.29) is 17.2 Å². The van der Waals surface area contributed by atoms with Gasteiger partial charge in [0.1, 0.15) is 5.75 Å². The van der Waals surface area contributed by atoms with E-state index in [1.807, 2.05) is 19.1 Å². The summed E-state index contributed by atoms with van der Waals surface area (Å²) in [5.74, 6) is 0.117. The lowest BCUT2D eigenvalue weighted by atomic mass is 10.1. The molecule has 0 heterocycles. The number of methoxy groups -OCH3 is 3. The normalized spacial score (nSPS) is 10.6. The molecule has 0 radical (unpaired) electrons. The molecule has 0 aliphatic rings. The minimum Gasteiger partial charge on any atom is -0.493 e. The van der Waals surface area contributed by atoms with Crippen LogP contribution in [-0.4, -0.2) is 39.4 Å². The second kappa shape index (κ2) is 11.2. The standard InChI is InChI=1S/C25H23ClN2O6/c1-15-5-7-16(8-6-15)24(29)28-27-14-18-11-19(26)9-10-20(18)34-25(30)17-12-21(31-2)23(33-4)22(13-17)32-3/h5-14H,1-4H3,(H,28,29)/b27-14+. The van der Waals surface area contributed by atoms with Gasteiger partial charge in [0, 0.05) is 16.1 Å². The second-order valence-corrected chi connectivity index (χ2v) is 7.49. The average molecular weight is 483 g/mol. The highest BCUT2D eigenvalue weighted by Gasteiger charge is 2.19. The van der Waals surface area contributed by atoms with Crippen molar-refractivity contribution in [2.75, 3.05) is 21.3 Å². The van der Waals surface area contributed by atoms with Crippen molar-refractivity contribution < 1.29 is 28.5 Å². The van der Waals surface area contributed by atoms with Gasteiger partial charge in [-0.25, -0.2) is 10.2 Å². The second-order valence-electron chi connectivity index (χ2n) is 7.05. The third-order valence-corrected chi connectivity index (χ3v) is 4.99. The highest BCUT2D eigenvalue weighted by molar-refractivity contribution is 6.31. The fourth-order valence-corrected chi connectivity index (χ4v) is 3.18. The molecule has 0 saturated carbocycles. The average Bonchev–Trinajstić information content (AvgIpc) is 2.84. The minimum absolute atomic E-state index is 0.181. The molecule has 3 aromatic rings. The number of carbonyl (C=O) groups excluding carboxylic acids is 2. The molecule has 0 unspecified atom stereocenters. The first-order valence-corrected chi connectivity index (χ1v) is 10.5. The minimum atomic E-state index is -0.667. The Bertz CT molecular complexity index is 1200. The smallest absolute Gasteiger partial charge is 0.343 e. The molecule has 0 spiro atoms. The van der Waals surface area contributed by atoms with E-state index in [9.17, 15) is 9.59 Å². The van der Waals surface area contributed by atoms with Crippen molar-refractivity contribution in [3.63, 3.8) is 0 Å². The fraction of sp³-hybridized carbons (Fsp3) is 0.160. The molecule has 1 N–H and O–H groups in total. The molecule has 0 aliphatic heterocycles. The van der Waals surface area contributed by atoms with Crippen LogP contribution in [0, 0.1) is 6.92 Å². The zero-order valence-corrected chi connectivity index (χ0v) is 19.8. The molecule has 3 rings (SSSR count). The van der Waals surface area contributed by atoms with Gasteiger partial charge >= 0.3 is 5.97 Å². The summed E-state index contributed by atoms with van der Waals surface area (Å²) in [5, 5.41) is 4.37. The third-order valence-electron chi connectivity index (χ3n) is 4.76. The molecule has 0 atom stereocenters. The van der Waals surface area contributed by atoms with Crippen LogP contribution in [0.15, 0.2) is 59.7 Å². The number of rotatable bonds is 8. The topological polar surface area (TPSA) is 95.5 Å². The van der Waals surface area contributed by atoms with E-state index in [4.69, 9.17) is 30.5 Å². The Balaban J connectivity index is 1.81. The Morgan fingerprint density at radius 3 is 2.09 bits per heavy atom. The van der Waals surface area contributed by atoms with Crippen LogP contribution in [0.1, 0.15) is 31.8 Å². The summed E-state index contributed by atoms with van der Waals surface area (Å²) < 4.78 is 21.4. The van der Waals surface area contributed by atoms with Crippen LogP contribution in [0.25, 0.3) is 0 Å². The number of hydrazone groups is 1. The number of halogens is 1. The first-order chi connectivity index (χ1) is 16.4. The van der Waals surface area contributed by atoms with Gasteiger partial charge in [0.25, 0.3) is 5.91 Å². The molecule has 0 aliphatic carbocycles. The summed E-state index contributed by atoms with van der Waals surface area (Å²) in [6, 6.07) is 14.7. The summed E-state index contributed by atoms with van der Waals surface area (Å²) >= 11 is 6.10. The molecule has 0 fully saturated rings. The summed E-state index contributed by atoms with van der Waals surface area (Å²) in [6.07, 6.45) is 1.34. The summed E-state index contributed by atoms with van der Waals surface area (Å²) in [7, 11) is 4.37. The Morgan fingerprint density at radius 2 is 1.50 bits per heavy atom. The lowest BCUT2D eigenvalue weighted by Gasteiger charge is -2.14. The number of ether oxygens (including phenoxy) is 4. The van der Waals surface area contributed by atoms with Crippen LogP contribution < -0.4 is 24.4 Å². The molecule has 176 valence electrons. The Labute approximate surface area is 202 Å². The van der Waals surface area contributed by atoms with Crippen LogP contribution in [0.5, 0.6) is 23.0 Å². The lowest BCUT2D eigenvalue weighted by molar-refractivity contribution is 0.0733. The Hall–Kier alpha value is -4.04. The van der Waals surface area contributed by atoms with Gasteiger partial charge in [-0.3, -0.25) is 4.79 Å². The van der Waals surface area contributed by atoms with Crippen LogP contribution in [-0.2, 0) is 0 Å². The predicted octanol–water partition coefficient (Wildman–Crippen LogP) is 4.66. The van der Waals surface area contributed by atoms with Crippen LogP contribution in [0.4, 0.5) is 0 Å². The van der Waals surface area contributed by atoms with Crippen molar-refractivity contribution >= 4 is 29.7 Å². The van der Waals surface area contributed by atoms with Crippen molar-refractivity contribution in [3.05, 3.63) is 81.9 Å². The maximum Gasteiger partial charge on any atom is 0.343 e. The van der Waals surface area contributed by atoms with Crippen LogP contribution in [0.3, 0.4) is 0 Å². The molecule has 8 nitrogen and oxygen atoms in total. The number of carbonyl (C=O) groups is 2. The van der Waals surface area contributed by atoms with Gasteiger partial charge in [0.15, 0.2) is 11.5 Å². The first-order valence-electron chi connectivity index (χ1n) is 10.1. The Kier molecular flexibility index (Phi) is 8.10. The summed E-state index contributed by atoms with van der Waals surface area (Å²) in [6.45, 7) is 1.93. The van der Waals surface area contributed by atoms with Crippen molar-refractivity contribution in [2.24, 2.45) is 5.10 Å². The van der Waals surface area contributed by atoms with E-state index in [0.717, 1.165) is 5.56 Å². The number of nitrogens with zero attached hydrogens (tertiary/aromatic N) is 1. The highest BCUT2D eigenvalue weighted by atomic mass is 35.5. The zero-order valence-electron chi connectivity index (χ0n) is 19.0. The van der Waals surface area contributed by atoms with Crippen molar-refractivity contribution in [1.82, 2.24) is 5.43 Å². The van der Waals surface area contributed by atoms with Crippen molar-refractivity contribution in [2.45, 2.75) is 6.92 Å². The van der Waals surface area contributed by atoms with Crippen molar-refractivity contribution in [3.8, 4) is 23.0 Å². The monoisotopic (exact) mass is 482 g/mol. The Morgan fingerprint density at radius 1 is 0.853 bits per heavy atom. The van der Waals surface area contributed by atoms with Gasteiger partial charge < -0.3 is 18.9 Å². The molecule has 0 saturated heterocycles. The number of aryl methyl sites for hydroxylation is 1. The van der Waals surface area contributed by atoms with Gasteiger partial charge in [-0.1, -0.05) is 29.3 Å². The van der Waals surface area contributed by atoms with E-state index in [2.05, 4.69) is 10.5 Å². The number of hydrogen-bond acceptors (Lipinski definition) is 7. The van der Waals surface area contributed by atoms with Gasteiger partial charge in [-0.15, -0.1) is 0 Å². The molecule has 0 bridgehead atoms. The first kappa shape index (κ1) is 24.6. The fourth-order valence-electron chi connectivity index (χ4n) is 3.00. The zero-order chi connectivity index (χ0) is 24.7. The van der Waals surface area contributed by atoms with E-state index in [1.165, 1.54) is 45.7 Å². The lowest BCUT2D eigenvalue weighted by Crippen LogP contribution is -2.17. The molecular weight excluding hydrogens is 460 g/mol. The maximum atomic E-state index is 12.9. The predicted molar refractivity (Wildman–Crippen MR) is 129 cm³/mol. The molecular formula is C25H23ClN2O6. The number of nitrogens with one attached hydrogen (secondary N) is 1. The van der Waals surface area contributed by atoms with Crippen LogP contribution >= 0.6 is 11.6 Å². The summed E-state index contributed by atoms with van der Waals surface area (Å²) in [5.41, 5.74) is 4.51. The molecule has 9 heteroatoms. The summed E-state index contributed by atoms with van der Waals surface area (Å²) in [4.78, 5) is 25.1. The quantitative estimate of drug-likeness (QED) is 0.217. The number of hydrogen-bond donors (Lipinski definition) is 1. The van der Waals surface area contributed by atoms with E-state index < -0.39 is 5.97 Å². The van der Waals surface area contributed by atoms with E-state index >= 15 is 0 Å². The van der Waals surface area contributed by atoms with Gasteiger partial charge in [-0.2, -0.15) is 5.10 Å². The van der Waals surface area contributed by atoms with Gasteiger partial charge in [0.05, 0.1) is 33.1 Å². The number of esters is 1.